The van der Waals surface area contributed by atoms with Crippen LogP contribution < -0.4 is 5.32 Å². The molecule has 0 aliphatic carbocycles. The number of hydrogen-bond acceptors (Lipinski definition) is 6. The van der Waals surface area contributed by atoms with Gasteiger partial charge in [-0.1, -0.05) is 0 Å². The average Bonchev–Trinajstić information content (AvgIpc) is 2.85. The molecule has 1 atom stereocenters. The lowest BCUT2D eigenvalue weighted by molar-refractivity contribution is -0.148. The molecule has 0 bridgehead atoms. The third-order valence-corrected chi connectivity index (χ3v) is 3.65. The molecule has 0 fully saturated rings. The van der Waals surface area contributed by atoms with Gasteiger partial charge in [0, 0.05) is 18.0 Å². The Morgan fingerprint density at radius 3 is 2.75 bits per heavy atom. The van der Waals surface area contributed by atoms with Crippen LogP contribution in [0.25, 0.3) is 0 Å². The standard InChI is InChI=1S/C14H24N2O3S/c1-6-18-8-10(3)15-13-16-11(9-20-13)14(4,5)12(17)19-7-2/h9-10H,6-8H2,1-5H3,(H,15,16). The molecule has 1 rings (SSSR count). The number of anilines is 1. The number of ether oxygens (including phenoxy) is 2. The van der Waals surface area contributed by atoms with Gasteiger partial charge in [0.15, 0.2) is 5.13 Å². The third-order valence-electron chi connectivity index (χ3n) is 2.87. The third kappa shape index (κ3) is 4.45. The van der Waals surface area contributed by atoms with Crippen LogP contribution in [0.15, 0.2) is 5.38 Å². The summed E-state index contributed by atoms with van der Waals surface area (Å²) < 4.78 is 10.4. The molecular weight excluding hydrogens is 276 g/mol. The van der Waals surface area contributed by atoms with Gasteiger partial charge in [0.05, 0.1) is 18.9 Å². The Hall–Kier alpha value is -1.14. The van der Waals surface area contributed by atoms with Crippen LogP contribution in [0.2, 0.25) is 0 Å². The molecule has 1 aromatic heterocycles. The fourth-order valence-electron chi connectivity index (χ4n) is 1.59. The van der Waals surface area contributed by atoms with Crippen molar-refractivity contribution in [2.24, 2.45) is 0 Å². The van der Waals surface area contributed by atoms with Crippen LogP contribution in [0.4, 0.5) is 5.13 Å². The van der Waals surface area contributed by atoms with Crippen LogP contribution in [0.1, 0.15) is 40.3 Å². The lowest BCUT2D eigenvalue weighted by atomic mass is 9.90. The predicted molar refractivity (Wildman–Crippen MR) is 81.4 cm³/mol. The summed E-state index contributed by atoms with van der Waals surface area (Å²) in [5.41, 5.74) is 0.00217. The fraction of sp³-hybridized carbons (Fsp3) is 0.714. The first-order valence-electron chi connectivity index (χ1n) is 6.89. The van der Waals surface area contributed by atoms with E-state index >= 15 is 0 Å². The molecule has 0 radical (unpaired) electrons. The monoisotopic (exact) mass is 300 g/mol. The van der Waals surface area contributed by atoms with Crippen molar-refractivity contribution in [2.75, 3.05) is 25.1 Å². The number of thiazole rings is 1. The van der Waals surface area contributed by atoms with Crippen molar-refractivity contribution < 1.29 is 14.3 Å². The van der Waals surface area contributed by atoms with Gasteiger partial charge in [0.2, 0.25) is 0 Å². The summed E-state index contributed by atoms with van der Waals surface area (Å²) in [6.07, 6.45) is 0. The highest BCUT2D eigenvalue weighted by Crippen LogP contribution is 2.28. The number of carbonyl (C=O) groups is 1. The zero-order valence-corrected chi connectivity index (χ0v) is 13.7. The van der Waals surface area contributed by atoms with E-state index in [0.29, 0.717) is 19.8 Å². The van der Waals surface area contributed by atoms with Gasteiger partial charge in [-0.05, 0) is 34.6 Å². The fourth-order valence-corrected chi connectivity index (χ4v) is 2.58. The van der Waals surface area contributed by atoms with Gasteiger partial charge in [0.1, 0.15) is 5.41 Å². The molecular formula is C14H24N2O3S. The molecule has 0 aliphatic rings. The van der Waals surface area contributed by atoms with E-state index in [1.165, 1.54) is 11.3 Å². The first-order valence-corrected chi connectivity index (χ1v) is 7.77. The van der Waals surface area contributed by atoms with Gasteiger partial charge in [0.25, 0.3) is 0 Å². The molecule has 0 saturated carbocycles. The average molecular weight is 300 g/mol. The van der Waals surface area contributed by atoms with Crippen molar-refractivity contribution in [2.45, 2.75) is 46.1 Å². The van der Waals surface area contributed by atoms with E-state index in [9.17, 15) is 4.79 Å². The van der Waals surface area contributed by atoms with E-state index in [1.54, 1.807) is 6.92 Å². The summed E-state index contributed by atoms with van der Waals surface area (Å²) in [6.45, 7) is 11.2. The minimum absolute atomic E-state index is 0.180. The number of nitrogens with one attached hydrogen (secondary N) is 1. The van der Waals surface area contributed by atoms with Gasteiger partial charge in [-0.25, -0.2) is 4.98 Å². The zero-order chi connectivity index (χ0) is 15.2. The minimum Gasteiger partial charge on any atom is -0.465 e. The van der Waals surface area contributed by atoms with Gasteiger partial charge in [-0.15, -0.1) is 11.3 Å². The van der Waals surface area contributed by atoms with Crippen LogP contribution in [0.3, 0.4) is 0 Å². The normalized spacial score (nSPS) is 13.1. The van der Waals surface area contributed by atoms with E-state index < -0.39 is 5.41 Å². The molecule has 0 aromatic carbocycles. The van der Waals surface area contributed by atoms with Crippen molar-refractivity contribution in [3.05, 3.63) is 11.1 Å². The number of esters is 1. The Bertz CT molecular complexity index is 432. The Labute approximate surface area is 124 Å². The Morgan fingerprint density at radius 2 is 2.15 bits per heavy atom. The number of aromatic nitrogens is 1. The first kappa shape index (κ1) is 16.9. The van der Waals surface area contributed by atoms with E-state index in [0.717, 1.165) is 10.8 Å². The van der Waals surface area contributed by atoms with E-state index in [-0.39, 0.29) is 12.0 Å². The number of rotatable bonds is 8. The SMILES string of the molecule is CCOCC(C)Nc1nc(C(C)(C)C(=O)OCC)cs1. The van der Waals surface area contributed by atoms with Crippen LogP contribution in [0, 0.1) is 0 Å². The number of carbonyl (C=O) groups excluding carboxylic acids is 1. The topological polar surface area (TPSA) is 60.5 Å². The molecule has 1 heterocycles. The summed E-state index contributed by atoms with van der Waals surface area (Å²) in [7, 11) is 0. The lowest BCUT2D eigenvalue weighted by Crippen LogP contribution is -2.31. The second-order valence-corrected chi connectivity index (χ2v) is 5.95. The highest BCUT2D eigenvalue weighted by Gasteiger charge is 2.34. The largest absolute Gasteiger partial charge is 0.465 e. The van der Waals surface area contributed by atoms with Gasteiger partial charge in [-0.2, -0.15) is 0 Å². The van der Waals surface area contributed by atoms with Crippen molar-refractivity contribution in [1.82, 2.24) is 4.98 Å². The molecule has 1 unspecified atom stereocenters. The van der Waals surface area contributed by atoms with Gasteiger partial charge >= 0.3 is 5.97 Å². The second-order valence-electron chi connectivity index (χ2n) is 5.09. The molecule has 0 spiro atoms. The molecule has 1 aromatic rings. The van der Waals surface area contributed by atoms with Crippen LogP contribution in [-0.2, 0) is 19.7 Å². The maximum absolute atomic E-state index is 11.9. The smallest absolute Gasteiger partial charge is 0.317 e. The Balaban J connectivity index is 2.69. The first-order chi connectivity index (χ1) is 9.41. The molecule has 6 heteroatoms. The molecule has 0 amide bonds. The zero-order valence-electron chi connectivity index (χ0n) is 12.9. The predicted octanol–water partition coefficient (Wildman–Crippen LogP) is 2.82. The maximum Gasteiger partial charge on any atom is 0.317 e. The van der Waals surface area contributed by atoms with Crippen LogP contribution in [-0.4, -0.2) is 36.8 Å². The van der Waals surface area contributed by atoms with Crippen molar-refractivity contribution in [3.63, 3.8) is 0 Å². The number of hydrogen-bond donors (Lipinski definition) is 1. The number of nitrogens with zero attached hydrogens (tertiary/aromatic N) is 1. The van der Waals surface area contributed by atoms with Crippen molar-refractivity contribution >= 4 is 22.4 Å². The molecule has 114 valence electrons. The molecule has 0 saturated heterocycles. The molecule has 5 nitrogen and oxygen atoms in total. The summed E-state index contributed by atoms with van der Waals surface area (Å²) in [4.78, 5) is 16.4. The molecule has 20 heavy (non-hydrogen) atoms. The van der Waals surface area contributed by atoms with Crippen LogP contribution in [0.5, 0.6) is 0 Å². The quantitative estimate of drug-likeness (QED) is 0.748. The summed E-state index contributed by atoms with van der Waals surface area (Å²) >= 11 is 1.49. The second kappa shape index (κ2) is 7.59. The van der Waals surface area contributed by atoms with Crippen molar-refractivity contribution in [1.29, 1.82) is 0 Å². The molecule has 0 aliphatic heterocycles. The summed E-state index contributed by atoms with van der Waals surface area (Å²) in [5.74, 6) is -0.251. The van der Waals surface area contributed by atoms with Crippen LogP contribution >= 0.6 is 11.3 Å². The Kier molecular flexibility index (Phi) is 6.42. The molecule has 1 N–H and O–H groups in total. The van der Waals surface area contributed by atoms with E-state index in [1.807, 2.05) is 33.1 Å². The summed E-state index contributed by atoms with van der Waals surface area (Å²) in [5, 5.41) is 5.96. The maximum atomic E-state index is 11.9. The Morgan fingerprint density at radius 1 is 1.45 bits per heavy atom. The van der Waals surface area contributed by atoms with Crippen molar-refractivity contribution in [3.8, 4) is 0 Å². The highest BCUT2D eigenvalue weighted by atomic mass is 32.1. The highest BCUT2D eigenvalue weighted by molar-refractivity contribution is 7.13. The van der Waals surface area contributed by atoms with Gasteiger partial charge < -0.3 is 14.8 Å². The lowest BCUT2D eigenvalue weighted by Gasteiger charge is -2.19. The minimum atomic E-state index is -0.727. The van der Waals surface area contributed by atoms with E-state index in [4.69, 9.17) is 9.47 Å². The van der Waals surface area contributed by atoms with E-state index in [2.05, 4.69) is 10.3 Å². The van der Waals surface area contributed by atoms with Gasteiger partial charge in [-0.3, -0.25) is 4.79 Å². The summed E-state index contributed by atoms with van der Waals surface area (Å²) in [6, 6.07) is 0.180.